The summed E-state index contributed by atoms with van der Waals surface area (Å²) in [6, 6.07) is 2.75. The van der Waals surface area contributed by atoms with E-state index in [2.05, 4.69) is 0 Å². The molecule has 1 N–H and O–H groups in total. The Morgan fingerprint density at radius 3 is 2.79 bits per heavy atom. The lowest BCUT2D eigenvalue weighted by Crippen LogP contribution is -2.48. The molecule has 0 unspecified atom stereocenters. The van der Waals surface area contributed by atoms with E-state index in [1.165, 1.54) is 27.8 Å². The number of aromatic nitrogens is 1. The van der Waals surface area contributed by atoms with Crippen LogP contribution in [-0.4, -0.2) is 52.3 Å². The van der Waals surface area contributed by atoms with E-state index in [9.17, 15) is 14.4 Å². The van der Waals surface area contributed by atoms with Gasteiger partial charge in [-0.25, -0.2) is 4.79 Å². The van der Waals surface area contributed by atoms with E-state index in [1.54, 1.807) is 7.05 Å². The third-order valence-electron chi connectivity index (χ3n) is 2.96. The Morgan fingerprint density at radius 1 is 1.42 bits per heavy atom. The number of rotatable bonds is 2. The van der Waals surface area contributed by atoms with E-state index in [1.807, 2.05) is 0 Å². The molecule has 2 rings (SSSR count). The van der Waals surface area contributed by atoms with Gasteiger partial charge in [0.1, 0.15) is 0 Å². The van der Waals surface area contributed by atoms with Crippen LogP contribution in [0, 0.1) is 0 Å². The average Bonchev–Trinajstić information content (AvgIpc) is 2.41. The summed E-state index contributed by atoms with van der Waals surface area (Å²) < 4.78 is 6.36. The third-order valence-corrected chi connectivity index (χ3v) is 2.96. The van der Waals surface area contributed by atoms with Crippen molar-refractivity contribution in [2.45, 2.75) is 6.10 Å². The van der Waals surface area contributed by atoms with Crippen molar-refractivity contribution < 1.29 is 19.4 Å². The molecular formula is C12H14N2O5. The summed E-state index contributed by atoms with van der Waals surface area (Å²) in [5.41, 5.74) is 0.148. The second kappa shape index (κ2) is 5.23. The van der Waals surface area contributed by atoms with Crippen LogP contribution in [0.3, 0.4) is 0 Å². The van der Waals surface area contributed by atoms with E-state index in [0.29, 0.717) is 12.1 Å². The number of aliphatic carboxylic acids is 1. The molecule has 0 bridgehead atoms. The van der Waals surface area contributed by atoms with Crippen LogP contribution in [0.15, 0.2) is 23.1 Å². The number of nitrogens with zero attached hydrogens (tertiary/aromatic N) is 2. The van der Waals surface area contributed by atoms with Gasteiger partial charge in [-0.1, -0.05) is 0 Å². The smallest absolute Gasteiger partial charge is 0.334 e. The van der Waals surface area contributed by atoms with Crippen LogP contribution in [0.4, 0.5) is 0 Å². The van der Waals surface area contributed by atoms with Gasteiger partial charge in [-0.15, -0.1) is 0 Å². The van der Waals surface area contributed by atoms with Crippen LogP contribution in [0.2, 0.25) is 0 Å². The van der Waals surface area contributed by atoms with Crippen molar-refractivity contribution >= 4 is 11.9 Å². The van der Waals surface area contributed by atoms with Gasteiger partial charge in [0, 0.05) is 25.9 Å². The van der Waals surface area contributed by atoms with Crippen LogP contribution in [0.5, 0.6) is 0 Å². The Morgan fingerprint density at radius 2 is 2.16 bits per heavy atom. The summed E-state index contributed by atoms with van der Waals surface area (Å²) in [5, 5.41) is 8.88. The fourth-order valence-electron chi connectivity index (χ4n) is 1.89. The number of carbonyl (C=O) groups is 2. The highest BCUT2D eigenvalue weighted by Crippen LogP contribution is 2.10. The molecule has 0 spiro atoms. The van der Waals surface area contributed by atoms with E-state index in [-0.39, 0.29) is 24.6 Å². The average molecular weight is 266 g/mol. The number of ether oxygens (including phenoxy) is 1. The number of pyridine rings is 1. The highest BCUT2D eigenvalue weighted by Gasteiger charge is 2.29. The predicted octanol–water partition coefficient (Wildman–Crippen LogP) is -0.689. The van der Waals surface area contributed by atoms with Gasteiger partial charge < -0.3 is 19.3 Å². The topological polar surface area (TPSA) is 88.8 Å². The molecule has 0 aliphatic carbocycles. The standard InChI is InChI=1S/C12H14N2O5/c1-13-6-8(2-3-10(13)15)11(16)14-4-5-19-9(7-14)12(17)18/h2-3,6,9H,4-5,7H2,1H3,(H,17,18)/t9-/m0/s1. The number of aryl methyl sites for hydroxylation is 1. The summed E-state index contributed by atoms with van der Waals surface area (Å²) in [6.45, 7) is 0.539. The minimum Gasteiger partial charge on any atom is -0.479 e. The monoisotopic (exact) mass is 266 g/mol. The van der Waals surface area contributed by atoms with Gasteiger partial charge in [-0.3, -0.25) is 9.59 Å². The summed E-state index contributed by atoms with van der Waals surface area (Å²) in [7, 11) is 1.55. The fourth-order valence-corrected chi connectivity index (χ4v) is 1.89. The summed E-state index contributed by atoms with van der Waals surface area (Å²) in [5.74, 6) is -1.39. The zero-order chi connectivity index (χ0) is 14.0. The lowest BCUT2D eigenvalue weighted by molar-refractivity contribution is -0.154. The molecule has 1 aliphatic rings. The number of hydrogen-bond acceptors (Lipinski definition) is 4. The number of carboxylic acids is 1. The molecule has 102 valence electrons. The quantitative estimate of drug-likeness (QED) is 0.765. The second-order valence-corrected chi connectivity index (χ2v) is 4.32. The van der Waals surface area contributed by atoms with Crippen LogP contribution >= 0.6 is 0 Å². The third kappa shape index (κ3) is 2.82. The Kier molecular flexibility index (Phi) is 3.66. The zero-order valence-electron chi connectivity index (χ0n) is 10.4. The summed E-state index contributed by atoms with van der Waals surface area (Å²) in [6.07, 6.45) is 0.445. The van der Waals surface area contributed by atoms with Crippen LogP contribution in [0.25, 0.3) is 0 Å². The Balaban J connectivity index is 2.16. The fraction of sp³-hybridized carbons (Fsp3) is 0.417. The summed E-state index contributed by atoms with van der Waals surface area (Å²) >= 11 is 0. The molecule has 1 saturated heterocycles. The first-order valence-corrected chi connectivity index (χ1v) is 5.79. The Bertz CT molecular complexity index is 565. The number of carbonyl (C=O) groups excluding carboxylic acids is 1. The first-order valence-electron chi connectivity index (χ1n) is 5.79. The number of carboxylic acid groups (broad SMARTS) is 1. The highest BCUT2D eigenvalue weighted by atomic mass is 16.5. The molecule has 0 saturated carbocycles. The molecule has 19 heavy (non-hydrogen) atoms. The van der Waals surface area contributed by atoms with Gasteiger partial charge in [-0.05, 0) is 6.07 Å². The maximum Gasteiger partial charge on any atom is 0.334 e. The van der Waals surface area contributed by atoms with Crippen molar-refractivity contribution in [2.75, 3.05) is 19.7 Å². The summed E-state index contributed by atoms with van der Waals surface area (Å²) in [4.78, 5) is 35.7. The maximum absolute atomic E-state index is 12.2. The Labute approximate surface area is 109 Å². The predicted molar refractivity (Wildman–Crippen MR) is 65.0 cm³/mol. The maximum atomic E-state index is 12.2. The van der Waals surface area contributed by atoms with Crippen molar-refractivity contribution in [3.8, 4) is 0 Å². The van der Waals surface area contributed by atoms with Gasteiger partial charge in [0.15, 0.2) is 6.10 Å². The van der Waals surface area contributed by atoms with Gasteiger partial charge in [0.2, 0.25) is 5.56 Å². The van der Waals surface area contributed by atoms with Gasteiger partial charge in [0.05, 0.1) is 18.7 Å². The van der Waals surface area contributed by atoms with Crippen molar-refractivity contribution in [2.24, 2.45) is 7.05 Å². The van der Waals surface area contributed by atoms with E-state index >= 15 is 0 Å². The molecular weight excluding hydrogens is 252 g/mol. The van der Waals surface area contributed by atoms with Crippen LogP contribution in [0.1, 0.15) is 10.4 Å². The number of morpholine rings is 1. The first-order chi connectivity index (χ1) is 8.99. The van der Waals surface area contributed by atoms with Crippen molar-refractivity contribution in [1.82, 2.24) is 9.47 Å². The molecule has 1 fully saturated rings. The Hall–Kier alpha value is -2.15. The molecule has 1 aromatic heterocycles. The van der Waals surface area contributed by atoms with Gasteiger partial charge >= 0.3 is 5.97 Å². The molecule has 1 amide bonds. The van der Waals surface area contributed by atoms with E-state index < -0.39 is 12.1 Å². The molecule has 0 aromatic carbocycles. The van der Waals surface area contributed by atoms with Gasteiger partial charge in [-0.2, -0.15) is 0 Å². The molecule has 7 heteroatoms. The molecule has 1 atom stereocenters. The SMILES string of the molecule is Cn1cc(C(=O)N2CCO[C@H](C(=O)O)C2)ccc1=O. The van der Waals surface area contributed by atoms with Crippen LogP contribution in [-0.2, 0) is 16.6 Å². The van der Waals surface area contributed by atoms with Crippen molar-refractivity contribution in [3.05, 3.63) is 34.2 Å². The molecule has 7 nitrogen and oxygen atoms in total. The molecule has 1 aromatic rings. The van der Waals surface area contributed by atoms with E-state index in [0.717, 1.165) is 0 Å². The number of amides is 1. The molecule has 0 radical (unpaired) electrons. The van der Waals surface area contributed by atoms with Crippen molar-refractivity contribution in [3.63, 3.8) is 0 Å². The zero-order valence-corrected chi connectivity index (χ0v) is 10.4. The second-order valence-electron chi connectivity index (χ2n) is 4.32. The normalized spacial score (nSPS) is 19.2. The lowest BCUT2D eigenvalue weighted by Gasteiger charge is -2.30. The van der Waals surface area contributed by atoms with Crippen molar-refractivity contribution in [1.29, 1.82) is 0 Å². The minimum absolute atomic E-state index is 0.0109. The number of hydrogen-bond donors (Lipinski definition) is 1. The lowest BCUT2D eigenvalue weighted by atomic mass is 10.2. The minimum atomic E-state index is -1.09. The first kappa shape index (κ1) is 13.3. The largest absolute Gasteiger partial charge is 0.479 e. The molecule has 2 heterocycles. The van der Waals surface area contributed by atoms with E-state index in [4.69, 9.17) is 9.84 Å². The highest BCUT2D eigenvalue weighted by molar-refractivity contribution is 5.94. The van der Waals surface area contributed by atoms with Gasteiger partial charge in [0.25, 0.3) is 5.91 Å². The van der Waals surface area contributed by atoms with Crippen LogP contribution < -0.4 is 5.56 Å². The molecule has 1 aliphatic heterocycles.